The summed E-state index contributed by atoms with van der Waals surface area (Å²) in [5.74, 6) is 0. The van der Waals surface area contributed by atoms with Crippen LogP contribution in [0.2, 0.25) is 0 Å². The summed E-state index contributed by atoms with van der Waals surface area (Å²) in [4.78, 5) is 0. The Balaban J connectivity index is 1.83. The molecule has 2 nitrogen and oxygen atoms in total. The molecule has 0 fully saturated rings. The van der Waals surface area contributed by atoms with Crippen LogP contribution in [0.1, 0.15) is 83.1 Å². The fourth-order valence-electron chi connectivity index (χ4n) is 2.96. The molecule has 0 amide bonds. The second kappa shape index (κ2) is 14.7. The van der Waals surface area contributed by atoms with Crippen LogP contribution in [-0.2, 0) is 6.42 Å². The largest absolute Gasteiger partial charge is 0.785 e. The van der Waals surface area contributed by atoms with Crippen LogP contribution in [0.4, 0.5) is 0 Å². The van der Waals surface area contributed by atoms with E-state index in [4.69, 9.17) is 0 Å². The minimum absolute atomic E-state index is 0.627. The number of hydrogen-bond acceptors (Lipinski definition) is 2. The molecule has 0 saturated heterocycles. The van der Waals surface area contributed by atoms with Crippen molar-refractivity contribution in [2.75, 3.05) is 13.1 Å². The van der Waals surface area contributed by atoms with E-state index in [1.54, 1.807) is 0 Å². The molecule has 0 radical (unpaired) electrons. The van der Waals surface area contributed by atoms with Gasteiger partial charge in [-0.05, 0) is 31.5 Å². The summed E-state index contributed by atoms with van der Waals surface area (Å²) >= 11 is 0. The normalized spacial score (nSPS) is 11.3. The Morgan fingerprint density at radius 2 is 1.22 bits per heavy atom. The topological polar surface area (TPSA) is 26.3 Å². The molecule has 0 aliphatic rings. The zero-order chi connectivity index (χ0) is 16.6. The summed E-state index contributed by atoms with van der Waals surface area (Å²) < 4.78 is 0. The zero-order valence-corrected chi connectivity index (χ0v) is 15.1. The minimum Gasteiger partial charge on any atom is -0.785 e. The van der Waals surface area contributed by atoms with Gasteiger partial charge in [0.15, 0.2) is 0 Å². The number of benzene rings is 1. The molecular weight excluding hydrogens is 282 g/mol. The number of hydroxylamine groups is 2. The predicted octanol–water partition coefficient (Wildman–Crippen LogP) is 6.34. The van der Waals surface area contributed by atoms with Gasteiger partial charge in [0, 0.05) is 0 Å². The maximum absolute atomic E-state index is 11.8. The van der Waals surface area contributed by atoms with E-state index in [1.807, 2.05) is 18.2 Å². The third-order valence-electron chi connectivity index (χ3n) is 4.50. The van der Waals surface area contributed by atoms with Gasteiger partial charge in [0.25, 0.3) is 0 Å². The summed E-state index contributed by atoms with van der Waals surface area (Å²) in [6.07, 6.45) is 15.5. The first-order valence-electron chi connectivity index (χ1n) is 9.79. The second-order valence-electron chi connectivity index (χ2n) is 6.70. The lowest BCUT2D eigenvalue weighted by molar-refractivity contribution is 0.366. The molecule has 0 aliphatic carbocycles. The Bertz CT molecular complexity index is 352. The molecule has 1 aromatic rings. The van der Waals surface area contributed by atoms with E-state index in [9.17, 15) is 5.21 Å². The first-order valence-corrected chi connectivity index (χ1v) is 9.79. The molecule has 132 valence electrons. The smallest absolute Gasteiger partial charge is 0.0103 e. The zero-order valence-electron chi connectivity index (χ0n) is 15.1. The van der Waals surface area contributed by atoms with Crippen molar-refractivity contribution in [1.82, 2.24) is 5.06 Å². The standard InChI is InChI=1S/C21H36NO/c1-2-3-4-5-6-7-8-9-10-11-15-19-22(23)20-18-21-16-13-12-14-17-21/h12-14,16-17H,2-11,15,18-20H2,1H3/q-1. The van der Waals surface area contributed by atoms with Crippen LogP contribution in [0.3, 0.4) is 0 Å². The number of unbranched alkanes of at least 4 members (excludes halogenated alkanes) is 10. The number of rotatable bonds is 15. The average molecular weight is 319 g/mol. The van der Waals surface area contributed by atoms with Gasteiger partial charge in [-0.3, -0.25) is 0 Å². The van der Waals surface area contributed by atoms with E-state index in [0.717, 1.165) is 12.8 Å². The molecule has 0 aliphatic heterocycles. The highest BCUT2D eigenvalue weighted by Crippen LogP contribution is 2.11. The van der Waals surface area contributed by atoms with E-state index >= 15 is 0 Å². The van der Waals surface area contributed by atoms with Crippen LogP contribution in [-0.4, -0.2) is 18.2 Å². The van der Waals surface area contributed by atoms with E-state index in [1.165, 1.54) is 74.8 Å². The van der Waals surface area contributed by atoms with Crippen LogP contribution in [0.5, 0.6) is 0 Å². The Labute approximate surface area is 143 Å². The van der Waals surface area contributed by atoms with Gasteiger partial charge in [-0.15, -0.1) is 0 Å². The summed E-state index contributed by atoms with van der Waals surface area (Å²) in [5.41, 5.74) is 1.26. The van der Waals surface area contributed by atoms with Crippen molar-refractivity contribution < 1.29 is 0 Å². The van der Waals surface area contributed by atoms with Crippen LogP contribution >= 0.6 is 0 Å². The van der Waals surface area contributed by atoms with Gasteiger partial charge in [0.1, 0.15) is 0 Å². The SMILES string of the molecule is CCCCCCCCCCCCCN([O-])CCc1ccccc1. The molecule has 0 N–H and O–H groups in total. The third-order valence-corrected chi connectivity index (χ3v) is 4.50. The molecule has 0 saturated carbocycles. The Kier molecular flexibility index (Phi) is 12.9. The van der Waals surface area contributed by atoms with E-state index in [0.29, 0.717) is 13.1 Å². The maximum Gasteiger partial charge on any atom is -0.0103 e. The molecule has 1 rings (SSSR count). The van der Waals surface area contributed by atoms with E-state index in [-0.39, 0.29) is 0 Å². The highest BCUT2D eigenvalue weighted by atomic mass is 16.5. The summed E-state index contributed by atoms with van der Waals surface area (Å²) in [7, 11) is 0. The van der Waals surface area contributed by atoms with Gasteiger partial charge >= 0.3 is 0 Å². The highest BCUT2D eigenvalue weighted by Gasteiger charge is 1.96. The maximum atomic E-state index is 11.8. The summed E-state index contributed by atoms with van der Waals surface area (Å²) in [6.45, 7) is 3.59. The summed E-state index contributed by atoms with van der Waals surface area (Å²) in [6, 6.07) is 10.3. The molecule has 0 aromatic heterocycles. The highest BCUT2D eigenvalue weighted by molar-refractivity contribution is 5.14. The number of nitrogens with zero attached hydrogens (tertiary/aromatic N) is 1. The first-order chi connectivity index (χ1) is 11.3. The number of hydrogen-bond donors (Lipinski definition) is 0. The Hall–Kier alpha value is -0.860. The molecule has 0 unspecified atom stereocenters. The van der Waals surface area contributed by atoms with Crippen LogP contribution in [0.25, 0.3) is 0 Å². The van der Waals surface area contributed by atoms with E-state index < -0.39 is 0 Å². The van der Waals surface area contributed by atoms with Crippen molar-refractivity contribution in [3.8, 4) is 0 Å². The van der Waals surface area contributed by atoms with Gasteiger partial charge in [0.05, 0.1) is 0 Å². The summed E-state index contributed by atoms with van der Waals surface area (Å²) in [5, 5.41) is 13.0. The molecular formula is C21H36NO-. The van der Waals surface area contributed by atoms with Gasteiger partial charge in [-0.25, -0.2) is 0 Å². The van der Waals surface area contributed by atoms with Crippen molar-refractivity contribution in [1.29, 1.82) is 0 Å². The van der Waals surface area contributed by atoms with Gasteiger partial charge in [-0.1, -0.05) is 101 Å². The molecule has 0 spiro atoms. The Morgan fingerprint density at radius 3 is 1.78 bits per heavy atom. The van der Waals surface area contributed by atoms with Crippen molar-refractivity contribution >= 4 is 0 Å². The molecule has 23 heavy (non-hydrogen) atoms. The molecule has 0 heterocycles. The predicted molar refractivity (Wildman–Crippen MR) is 102 cm³/mol. The van der Waals surface area contributed by atoms with Crippen LogP contribution < -0.4 is 0 Å². The van der Waals surface area contributed by atoms with Crippen molar-refractivity contribution in [3.05, 3.63) is 41.1 Å². The lowest BCUT2D eigenvalue weighted by atomic mass is 10.1. The lowest BCUT2D eigenvalue weighted by Gasteiger charge is -2.28. The van der Waals surface area contributed by atoms with Crippen LogP contribution in [0, 0.1) is 5.21 Å². The minimum atomic E-state index is 0.627. The Morgan fingerprint density at radius 1 is 0.696 bits per heavy atom. The van der Waals surface area contributed by atoms with Crippen molar-refractivity contribution in [3.63, 3.8) is 0 Å². The fourth-order valence-corrected chi connectivity index (χ4v) is 2.96. The quantitative estimate of drug-likeness (QED) is 0.278. The molecule has 1 aromatic carbocycles. The van der Waals surface area contributed by atoms with Crippen molar-refractivity contribution in [2.24, 2.45) is 0 Å². The monoisotopic (exact) mass is 318 g/mol. The van der Waals surface area contributed by atoms with Gasteiger partial charge in [-0.2, -0.15) is 0 Å². The molecule has 0 atom stereocenters. The second-order valence-corrected chi connectivity index (χ2v) is 6.70. The van der Waals surface area contributed by atoms with E-state index in [2.05, 4.69) is 19.1 Å². The molecule has 2 heteroatoms. The van der Waals surface area contributed by atoms with Gasteiger partial charge in [0.2, 0.25) is 0 Å². The van der Waals surface area contributed by atoms with Crippen molar-refractivity contribution in [2.45, 2.75) is 84.0 Å². The van der Waals surface area contributed by atoms with Crippen LogP contribution in [0.15, 0.2) is 30.3 Å². The lowest BCUT2D eigenvalue weighted by Crippen LogP contribution is -2.20. The first kappa shape index (κ1) is 20.2. The molecule has 0 bridgehead atoms. The van der Waals surface area contributed by atoms with Gasteiger partial charge < -0.3 is 10.3 Å². The average Bonchev–Trinajstić information content (AvgIpc) is 2.59. The fraction of sp³-hybridized carbons (Fsp3) is 0.714. The third kappa shape index (κ3) is 12.3.